The Bertz CT molecular complexity index is 522. The second-order valence-corrected chi connectivity index (χ2v) is 5.19. The molecule has 0 heterocycles. The van der Waals surface area contributed by atoms with E-state index in [9.17, 15) is 14.0 Å². The first-order valence-corrected chi connectivity index (χ1v) is 6.00. The van der Waals surface area contributed by atoms with Gasteiger partial charge in [-0.25, -0.2) is 14.0 Å². The number of hydrogen-bond acceptors (Lipinski definition) is 4. The Balaban J connectivity index is 3.12. The van der Waals surface area contributed by atoms with Gasteiger partial charge in [-0.3, -0.25) is 4.90 Å². The van der Waals surface area contributed by atoms with Crippen molar-refractivity contribution < 1.29 is 23.5 Å². The molecular weight excluding hydrogens is 265 g/mol. The number of rotatable bonds is 2. The van der Waals surface area contributed by atoms with Crippen molar-refractivity contribution in [2.75, 3.05) is 19.1 Å². The zero-order valence-corrected chi connectivity index (χ0v) is 12.2. The lowest BCUT2D eigenvalue weighted by Crippen LogP contribution is -2.35. The maximum absolute atomic E-state index is 13.2. The van der Waals surface area contributed by atoms with E-state index in [0.717, 1.165) is 17.0 Å². The number of nitrogens with zero attached hydrogens (tertiary/aromatic N) is 1. The molecule has 0 saturated carbocycles. The van der Waals surface area contributed by atoms with Crippen LogP contribution < -0.4 is 4.90 Å². The third-order valence-electron chi connectivity index (χ3n) is 2.39. The van der Waals surface area contributed by atoms with Crippen LogP contribution in [0.4, 0.5) is 14.9 Å². The molecule has 1 amide bonds. The van der Waals surface area contributed by atoms with Crippen LogP contribution in [0.1, 0.15) is 31.1 Å². The fourth-order valence-corrected chi connectivity index (χ4v) is 1.50. The molecule has 110 valence electrons. The molecule has 1 aromatic rings. The minimum atomic E-state index is -0.727. The molecule has 20 heavy (non-hydrogen) atoms. The molecule has 0 bridgehead atoms. The topological polar surface area (TPSA) is 55.8 Å². The number of amides is 1. The predicted octanol–water partition coefficient (Wildman–Crippen LogP) is 2.98. The summed E-state index contributed by atoms with van der Waals surface area (Å²) in [6, 6.07) is 3.50. The molecule has 0 fully saturated rings. The van der Waals surface area contributed by atoms with Crippen LogP contribution in [-0.2, 0) is 9.47 Å². The molecule has 0 atom stereocenters. The van der Waals surface area contributed by atoms with E-state index in [1.165, 1.54) is 20.2 Å². The first kappa shape index (κ1) is 15.9. The van der Waals surface area contributed by atoms with Crippen LogP contribution in [0.15, 0.2) is 18.2 Å². The van der Waals surface area contributed by atoms with Crippen molar-refractivity contribution in [3.05, 3.63) is 29.6 Å². The summed E-state index contributed by atoms with van der Waals surface area (Å²) in [5, 5.41) is 0. The van der Waals surface area contributed by atoms with Crippen molar-refractivity contribution in [2.45, 2.75) is 26.4 Å². The van der Waals surface area contributed by atoms with Gasteiger partial charge in [-0.15, -0.1) is 0 Å². The number of halogens is 1. The summed E-state index contributed by atoms with van der Waals surface area (Å²) in [7, 11) is 2.62. The van der Waals surface area contributed by atoms with Gasteiger partial charge in [0, 0.05) is 7.05 Å². The lowest BCUT2D eigenvalue weighted by atomic mass is 10.1. The van der Waals surface area contributed by atoms with E-state index in [2.05, 4.69) is 4.74 Å². The van der Waals surface area contributed by atoms with Crippen LogP contribution >= 0.6 is 0 Å². The van der Waals surface area contributed by atoms with Crippen molar-refractivity contribution in [3.8, 4) is 0 Å². The monoisotopic (exact) mass is 283 g/mol. The minimum Gasteiger partial charge on any atom is -0.465 e. The molecule has 0 unspecified atom stereocenters. The van der Waals surface area contributed by atoms with Gasteiger partial charge in [0.05, 0.1) is 18.4 Å². The Hall–Kier alpha value is -2.11. The number of anilines is 1. The van der Waals surface area contributed by atoms with Gasteiger partial charge in [-0.05, 0) is 39.0 Å². The lowest BCUT2D eigenvalue weighted by Gasteiger charge is -2.25. The number of hydrogen-bond donors (Lipinski definition) is 0. The van der Waals surface area contributed by atoms with Crippen molar-refractivity contribution in [2.24, 2.45) is 0 Å². The van der Waals surface area contributed by atoms with Gasteiger partial charge < -0.3 is 9.47 Å². The molecule has 5 nitrogen and oxygen atoms in total. The van der Waals surface area contributed by atoms with E-state index < -0.39 is 23.5 Å². The van der Waals surface area contributed by atoms with Crippen LogP contribution in [0.3, 0.4) is 0 Å². The molecule has 0 radical (unpaired) electrons. The highest BCUT2D eigenvalue weighted by Crippen LogP contribution is 2.23. The van der Waals surface area contributed by atoms with Gasteiger partial charge in [0.25, 0.3) is 0 Å². The first-order valence-electron chi connectivity index (χ1n) is 6.00. The minimum absolute atomic E-state index is 0.0409. The Morgan fingerprint density at radius 2 is 1.85 bits per heavy atom. The van der Waals surface area contributed by atoms with E-state index in [4.69, 9.17) is 4.74 Å². The largest absolute Gasteiger partial charge is 0.465 e. The van der Waals surface area contributed by atoms with Gasteiger partial charge >= 0.3 is 12.1 Å². The summed E-state index contributed by atoms with van der Waals surface area (Å²) in [5.74, 6) is -1.32. The second-order valence-electron chi connectivity index (χ2n) is 5.19. The smallest absolute Gasteiger partial charge is 0.414 e. The van der Waals surface area contributed by atoms with Gasteiger partial charge in [-0.2, -0.15) is 0 Å². The maximum atomic E-state index is 13.2. The molecule has 0 spiro atoms. The Labute approximate surface area is 117 Å². The highest BCUT2D eigenvalue weighted by Gasteiger charge is 2.24. The van der Waals surface area contributed by atoms with Crippen molar-refractivity contribution in [1.82, 2.24) is 0 Å². The molecule has 0 aliphatic carbocycles. The summed E-state index contributed by atoms with van der Waals surface area (Å²) in [5.41, 5.74) is -0.495. The summed E-state index contributed by atoms with van der Waals surface area (Å²) in [6.45, 7) is 5.18. The third-order valence-corrected chi connectivity index (χ3v) is 2.39. The van der Waals surface area contributed by atoms with Gasteiger partial charge in [0.2, 0.25) is 0 Å². The Kier molecular flexibility index (Phi) is 4.70. The number of esters is 1. The summed E-state index contributed by atoms with van der Waals surface area (Å²) in [6.07, 6.45) is -0.644. The molecular formula is C14H18FNO4. The molecule has 1 rings (SSSR count). The summed E-state index contributed by atoms with van der Waals surface area (Å²) < 4.78 is 23.0. The molecule has 0 aromatic heterocycles. The highest BCUT2D eigenvalue weighted by atomic mass is 19.1. The number of methoxy groups -OCH3 is 1. The van der Waals surface area contributed by atoms with E-state index in [-0.39, 0.29) is 11.3 Å². The van der Waals surface area contributed by atoms with E-state index >= 15 is 0 Å². The molecule has 6 heteroatoms. The fourth-order valence-electron chi connectivity index (χ4n) is 1.50. The van der Waals surface area contributed by atoms with Crippen LogP contribution in [0, 0.1) is 5.82 Å². The molecule has 0 saturated heterocycles. The predicted molar refractivity (Wildman–Crippen MR) is 72.4 cm³/mol. The molecule has 0 N–H and O–H groups in total. The standard InChI is InChI=1S/C14H18FNO4/c1-14(2,3)20-13(18)16(4)11-7-6-9(15)8-10(11)12(17)19-5/h6-8H,1-5H3. The van der Waals surface area contributed by atoms with Gasteiger partial charge in [-0.1, -0.05) is 0 Å². The van der Waals surface area contributed by atoms with E-state index in [0.29, 0.717) is 0 Å². The normalized spacial score (nSPS) is 10.9. The van der Waals surface area contributed by atoms with Crippen LogP contribution in [0.25, 0.3) is 0 Å². The molecule has 0 aliphatic rings. The maximum Gasteiger partial charge on any atom is 0.414 e. The van der Waals surface area contributed by atoms with Crippen molar-refractivity contribution in [1.29, 1.82) is 0 Å². The lowest BCUT2D eigenvalue weighted by molar-refractivity contribution is 0.0587. The third kappa shape index (κ3) is 3.94. The average molecular weight is 283 g/mol. The number of ether oxygens (including phenoxy) is 2. The zero-order valence-electron chi connectivity index (χ0n) is 12.2. The Morgan fingerprint density at radius 3 is 2.35 bits per heavy atom. The summed E-state index contributed by atoms with van der Waals surface area (Å²) in [4.78, 5) is 24.7. The molecule has 1 aromatic carbocycles. The number of carbonyl (C=O) groups is 2. The van der Waals surface area contributed by atoms with Crippen molar-refractivity contribution in [3.63, 3.8) is 0 Å². The quantitative estimate of drug-likeness (QED) is 0.783. The zero-order chi connectivity index (χ0) is 15.5. The van der Waals surface area contributed by atoms with Crippen LogP contribution in [-0.4, -0.2) is 31.8 Å². The van der Waals surface area contributed by atoms with E-state index in [1.54, 1.807) is 20.8 Å². The fraction of sp³-hybridized carbons (Fsp3) is 0.429. The van der Waals surface area contributed by atoms with Gasteiger partial charge in [0.1, 0.15) is 11.4 Å². The first-order chi connectivity index (χ1) is 9.15. The highest BCUT2D eigenvalue weighted by molar-refractivity contribution is 6.00. The SMILES string of the molecule is COC(=O)c1cc(F)ccc1N(C)C(=O)OC(C)(C)C. The van der Waals surface area contributed by atoms with Crippen LogP contribution in [0.2, 0.25) is 0 Å². The van der Waals surface area contributed by atoms with E-state index in [1.807, 2.05) is 0 Å². The second kappa shape index (κ2) is 5.90. The summed E-state index contributed by atoms with van der Waals surface area (Å²) >= 11 is 0. The Morgan fingerprint density at radius 1 is 1.25 bits per heavy atom. The van der Waals surface area contributed by atoms with Gasteiger partial charge in [0.15, 0.2) is 0 Å². The average Bonchev–Trinajstić information content (AvgIpc) is 2.34. The number of carbonyl (C=O) groups excluding carboxylic acids is 2. The van der Waals surface area contributed by atoms with Crippen molar-refractivity contribution >= 4 is 17.7 Å². The number of benzene rings is 1. The van der Waals surface area contributed by atoms with Crippen LogP contribution in [0.5, 0.6) is 0 Å². The molecule has 0 aliphatic heterocycles.